The Labute approximate surface area is 175 Å². The topological polar surface area (TPSA) is 40.5 Å². The van der Waals surface area contributed by atoms with Crippen molar-refractivity contribution in [3.8, 4) is 0 Å². The van der Waals surface area contributed by atoms with Crippen molar-refractivity contribution in [1.82, 2.24) is 10.3 Å². The van der Waals surface area contributed by atoms with Gasteiger partial charge in [-0.15, -0.1) is 0 Å². The fourth-order valence-electron chi connectivity index (χ4n) is 4.76. The third-order valence-corrected chi connectivity index (χ3v) is 6.26. The third kappa shape index (κ3) is 3.83. The summed E-state index contributed by atoms with van der Waals surface area (Å²) in [5.74, 6) is 1.04. The van der Waals surface area contributed by atoms with Gasteiger partial charge in [-0.3, -0.25) is 10.3 Å². The van der Waals surface area contributed by atoms with Crippen LogP contribution in [0.4, 0.5) is 5.69 Å². The standard InChI is InChI=1S/C25H34N4/c1-5-10-20-13-9-14-21(27-20)25-28-22-16-15-17(4)26-24(22)29(25)23-18(6-2)11-8-12-19(23)7-3/h8-9,11-14,17,22,24,26H,5-7,10,15-16H2,1-4H3. The molecule has 0 saturated carbocycles. The Bertz CT molecular complexity index is 866. The second-order valence-corrected chi connectivity index (χ2v) is 8.38. The smallest absolute Gasteiger partial charge is 0.156 e. The van der Waals surface area contributed by atoms with Gasteiger partial charge in [-0.1, -0.05) is 51.5 Å². The zero-order chi connectivity index (χ0) is 20.4. The molecule has 1 N–H and O–H groups in total. The number of pyridine rings is 1. The van der Waals surface area contributed by atoms with Crippen LogP contribution in [0.2, 0.25) is 0 Å². The lowest BCUT2D eigenvalue weighted by Crippen LogP contribution is -2.56. The first-order valence-corrected chi connectivity index (χ1v) is 11.4. The quantitative estimate of drug-likeness (QED) is 0.763. The number of hydrogen-bond acceptors (Lipinski definition) is 4. The molecular formula is C25H34N4. The number of piperidine rings is 1. The van der Waals surface area contributed by atoms with Gasteiger partial charge in [-0.05, 0) is 62.3 Å². The molecule has 154 valence electrons. The lowest BCUT2D eigenvalue weighted by molar-refractivity contribution is 0.317. The van der Waals surface area contributed by atoms with Crippen LogP contribution >= 0.6 is 0 Å². The molecular weight excluding hydrogens is 356 g/mol. The van der Waals surface area contributed by atoms with E-state index < -0.39 is 0 Å². The van der Waals surface area contributed by atoms with Gasteiger partial charge in [0, 0.05) is 11.7 Å². The maximum Gasteiger partial charge on any atom is 0.156 e. The van der Waals surface area contributed by atoms with Crippen molar-refractivity contribution in [2.45, 2.75) is 84.5 Å². The molecule has 0 aliphatic carbocycles. The Kier molecular flexibility index (Phi) is 6.00. The van der Waals surface area contributed by atoms with E-state index in [1.807, 2.05) is 0 Å². The molecule has 1 fully saturated rings. The predicted molar refractivity (Wildman–Crippen MR) is 122 cm³/mol. The summed E-state index contributed by atoms with van der Waals surface area (Å²) in [5.41, 5.74) is 6.29. The van der Waals surface area contributed by atoms with Gasteiger partial charge < -0.3 is 4.90 Å². The number of benzene rings is 1. The summed E-state index contributed by atoms with van der Waals surface area (Å²) in [4.78, 5) is 12.7. The highest BCUT2D eigenvalue weighted by molar-refractivity contribution is 6.11. The first kappa shape index (κ1) is 20.1. The van der Waals surface area contributed by atoms with E-state index >= 15 is 0 Å². The Balaban J connectivity index is 1.85. The van der Waals surface area contributed by atoms with Crippen molar-refractivity contribution in [2.75, 3.05) is 4.90 Å². The van der Waals surface area contributed by atoms with E-state index in [2.05, 4.69) is 74.3 Å². The van der Waals surface area contributed by atoms with E-state index in [1.54, 1.807) is 0 Å². The van der Waals surface area contributed by atoms with Crippen LogP contribution in [-0.2, 0) is 19.3 Å². The summed E-state index contributed by atoms with van der Waals surface area (Å²) in [6.07, 6.45) is 6.66. The Morgan fingerprint density at radius 1 is 1.00 bits per heavy atom. The van der Waals surface area contributed by atoms with Gasteiger partial charge in [-0.2, -0.15) is 0 Å². The van der Waals surface area contributed by atoms with Gasteiger partial charge in [0.05, 0.1) is 11.7 Å². The van der Waals surface area contributed by atoms with Gasteiger partial charge in [0.15, 0.2) is 5.84 Å². The average Bonchev–Trinajstić information content (AvgIpc) is 3.11. The number of aliphatic imine (C=N–C) groups is 1. The van der Waals surface area contributed by atoms with Crippen LogP contribution in [0.15, 0.2) is 41.4 Å². The molecule has 4 heteroatoms. The SMILES string of the molecule is CCCc1cccc(C2=NC3CCC(C)NC3N2c2c(CC)cccc2CC)n1. The highest BCUT2D eigenvalue weighted by Crippen LogP contribution is 2.36. The minimum absolute atomic E-state index is 0.211. The first-order valence-electron chi connectivity index (χ1n) is 11.4. The number of rotatable bonds is 6. The molecule has 4 rings (SSSR count). The van der Waals surface area contributed by atoms with Crippen LogP contribution in [0.1, 0.15) is 69.5 Å². The van der Waals surface area contributed by atoms with E-state index in [-0.39, 0.29) is 12.2 Å². The number of amidine groups is 1. The summed E-state index contributed by atoms with van der Waals surface area (Å²) in [6, 6.07) is 13.9. The molecule has 4 nitrogen and oxygen atoms in total. The number of aromatic nitrogens is 1. The maximum absolute atomic E-state index is 5.24. The number of fused-ring (bicyclic) bond motifs is 1. The zero-order valence-corrected chi connectivity index (χ0v) is 18.3. The Morgan fingerprint density at radius 3 is 2.41 bits per heavy atom. The molecule has 0 spiro atoms. The predicted octanol–water partition coefficient (Wildman–Crippen LogP) is 4.89. The highest BCUT2D eigenvalue weighted by Gasteiger charge is 2.42. The largest absolute Gasteiger partial charge is 0.306 e. The molecule has 3 unspecified atom stereocenters. The van der Waals surface area contributed by atoms with Gasteiger partial charge in [0.1, 0.15) is 11.9 Å². The first-order chi connectivity index (χ1) is 14.2. The number of aryl methyl sites for hydroxylation is 3. The number of hydrogen-bond donors (Lipinski definition) is 1. The maximum atomic E-state index is 5.24. The summed E-state index contributed by atoms with van der Waals surface area (Å²) in [7, 11) is 0. The summed E-state index contributed by atoms with van der Waals surface area (Å²) >= 11 is 0. The van der Waals surface area contributed by atoms with Crippen molar-refractivity contribution in [2.24, 2.45) is 4.99 Å². The van der Waals surface area contributed by atoms with Gasteiger partial charge in [0.25, 0.3) is 0 Å². The summed E-state index contributed by atoms with van der Waals surface area (Å²) in [6.45, 7) is 9.00. The van der Waals surface area contributed by atoms with Crippen molar-refractivity contribution in [3.05, 3.63) is 58.9 Å². The molecule has 29 heavy (non-hydrogen) atoms. The molecule has 3 atom stereocenters. The molecule has 3 heterocycles. The van der Waals surface area contributed by atoms with E-state index in [0.29, 0.717) is 6.04 Å². The van der Waals surface area contributed by atoms with Gasteiger partial charge >= 0.3 is 0 Å². The molecule has 0 amide bonds. The molecule has 1 saturated heterocycles. The molecule has 0 radical (unpaired) electrons. The molecule has 0 bridgehead atoms. The molecule has 2 aromatic rings. The normalized spacial score (nSPS) is 23.8. The number of anilines is 1. The zero-order valence-electron chi connectivity index (χ0n) is 18.3. The van der Waals surface area contributed by atoms with Gasteiger partial charge in [0.2, 0.25) is 0 Å². The lowest BCUT2D eigenvalue weighted by atomic mass is 9.96. The molecule has 1 aromatic heterocycles. The van der Waals surface area contributed by atoms with Crippen LogP contribution in [-0.4, -0.2) is 29.1 Å². The molecule has 2 aliphatic rings. The fraction of sp³-hybridized carbons (Fsp3) is 0.520. The second-order valence-electron chi connectivity index (χ2n) is 8.38. The minimum Gasteiger partial charge on any atom is -0.306 e. The van der Waals surface area contributed by atoms with Crippen LogP contribution in [0, 0.1) is 0 Å². The molecule has 2 aliphatic heterocycles. The van der Waals surface area contributed by atoms with Crippen LogP contribution in [0.5, 0.6) is 0 Å². The van der Waals surface area contributed by atoms with Crippen molar-refractivity contribution < 1.29 is 0 Å². The van der Waals surface area contributed by atoms with Crippen LogP contribution in [0.25, 0.3) is 0 Å². The van der Waals surface area contributed by atoms with E-state index in [9.17, 15) is 0 Å². The van der Waals surface area contributed by atoms with E-state index in [1.165, 1.54) is 23.2 Å². The Morgan fingerprint density at radius 2 is 1.72 bits per heavy atom. The summed E-state index contributed by atoms with van der Waals surface area (Å²) < 4.78 is 0. The van der Waals surface area contributed by atoms with E-state index in [0.717, 1.165) is 49.3 Å². The van der Waals surface area contributed by atoms with Crippen molar-refractivity contribution in [1.29, 1.82) is 0 Å². The lowest BCUT2D eigenvalue weighted by Gasteiger charge is -2.38. The number of nitrogens with one attached hydrogen (secondary N) is 1. The fourth-order valence-corrected chi connectivity index (χ4v) is 4.76. The number of nitrogens with zero attached hydrogens (tertiary/aromatic N) is 3. The highest BCUT2D eigenvalue weighted by atomic mass is 15.4. The minimum atomic E-state index is 0.211. The monoisotopic (exact) mass is 390 g/mol. The third-order valence-electron chi connectivity index (χ3n) is 6.26. The van der Waals surface area contributed by atoms with Crippen molar-refractivity contribution in [3.63, 3.8) is 0 Å². The second kappa shape index (κ2) is 8.66. The van der Waals surface area contributed by atoms with Crippen LogP contribution < -0.4 is 10.2 Å². The summed E-state index contributed by atoms with van der Waals surface area (Å²) in [5, 5.41) is 3.85. The number of para-hydroxylation sites is 1. The van der Waals surface area contributed by atoms with Crippen molar-refractivity contribution >= 4 is 11.5 Å². The van der Waals surface area contributed by atoms with Gasteiger partial charge in [-0.25, -0.2) is 4.98 Å². The molecule has 1 aromatic carbocycles. The van der Waals surface area contributed by atoms with E-state index in [4.69, 9.17) is 9.98 Å². The Hall–Kier alpha value is -2.20. The average molecular weight is 391 g/mol. The van der Waals surface area contributed by atoms with Crippen LogP contribution in [0.3, 0.4) is 0 Å².